The Bertz CT molecular complexity index is 735. The summed E-state index contributed by atoms with van der Waals surface area (Å²) in [6.07, 6.45) is 3.95. The normalized spacial score (nSPS) is 29.1. The molecule has 2 aromatic carbocycles. The molecule has 2 bridgehead atoms. The standard InChI is InChI=1S/C21H23F2NO/c22-19-9-6-16(10-20(19)23)11-21(25)12-17-7-8-18(13-21)24(17)14-15-4-2-1-3-5-15/h1-6,9-10,17-18,25H,7-8,11-14H2. The third kappa shape index (κ3) is 3.46. The minimum Gasteiger partial charge on any atom is -0.389 e. The van der Waals surface area contributed by atoms with Gasteiger partial charge in [-0.15, -0.1) is 0 Å². The van der Waals surface area contributed by atoms with Gasteiger partial charge in [-0.3, -0.25) is 4.90 Å². The van der Waals surface area contributed by atoms with Crippen molar-refractivity contribution >= 4 is 0 Å². The molecule has 4 heteroatoms. The second kappa shape index (κ2) is 6.50. The van der Waals surface area contributed by atoms with Gasteiger partial charge < -0.3 is 5.11 Å². The van der Waals surface area contributed by atoms with E-state index in [1.165, 1.54) is 11.6 Å². The van der Waals surface area contributed by atoms with E-state index in [4.69, 9.17) is 0 Å². The number of fused-ring (bicyclic) bond motifs is 2. The minimum atomic E-state index is -0.842. The van der Waals surface area contributed by atoms with E-state index in [0.29, 0.717) is 36.9 Å². The lowest BCUT2D eigenvalue weighted by atomic mass is 9.81. The fourth-order valence-corrected chi connectivity index (χ4v) is 4.64. The van der Waals surface area contributed by atoms with E-state index < -0.39 is 17.2 Å². The molecular formula is C21H23F2NO. The molecule has 0 aromatic heterocycles. The van der Waals surface area contributed by atoms with Crippen LogP contribution in [0.2, 0.25) is 0 Å². The number of hydrogen-bond donors (Lipinski definition) is 1. The van der Waals surface area contributed by atoms with Crippen molar-refractivity contribution in [3.63, 3.8) is 0 Å². The van der Waals surface area contributed by atoms with Gasteiger partial charge in [-0.2, -0.15) is 0 Å². The summed E-state index contributed by atoms with van der Waals surface area (Å²) in [5.41, 5.74) is 1.13. The molecule has 0 amide bonds. The molecule has 0 aliphatic carbocycles. The predicted octanol–water partition coefficient (Wildman–Crippen LogP) is 4.07. The van der Waals surface area contributed by atoms with Crippen molar-refractivity contribution in [3.8, 4) is 0 Å². The maximum absolute atomic E-state index is 13.5. The van der Waals surface area contributed by atoms with Gasteiger partial charge in [0.25, 0.3) is 0 Å². The van der Waals surface area contributed by atoms with Crippen LogP contribution >= 0.6 is 0 Å². The average Bonchev–Trinajstić information content (AvgIpc) is 2.83. The third-order valence-corrected chi connectivity index (χ3v) is 5.73. The lowest BCUT2D eigenvalue weighted by Crippen LogP contribution is -2.51. The van der Waals surface area contributed by atoms with Gasteiger partial charge in [0, 0.05) is 25.0 Å². The van der Waals surface area contributed by atoms with Gasteiger partial charge in [0.2, 0.25) is 0 Å². The Balaban J connectivity index is 1.47. The summed E-state index contributed by atoms with van der Waals surface area (Å²) in [6, 6.07) is 15.1. The summed E-state index contributed by atoms with van der Waals surface area (Å²) in [4.78, 5) is 2.51. The molecular weight excluding hydrogens is 320 g/mol. The fraction of sp³-hybridized carbons (Fsp3) is 0.429. The Morgan fingerprint density at radius 2 is 1.60 bits per heavy atom. The minimum absolute atomic E-state index is 0.356. The Labute approximate surface area is 147 Å². The predicted molar refractivity (Wildman–Crippen MR) is 93.0 cm³/mol. The molecule has 2 nitrogen and oxygen atoms in total. The van der Waals surface area contributed by atoms with Crippen LogP contribution in [0, 0.1) is 11.6 Å². The zero-order valence-corrected chi connectivity index (χ0v) is 14.2. The number of aliphatic hydroxyl groups is 1. The Hall–Kier alpha value is -1.78. The molecule has 0 radical (unpaired) electrons. The van der Waals surface area contributed by atoms with E-state index in [2.05, 4.69) is 29.2 Å². The van der Waals surface area contributed by atoms with Gasteiger partial charge in [-0.25, -0.2) is 8.78 Å². The maximum Gasteiger partial charge on any atom is 0.159 e. The summed E-state index contributed by atoms with van der Waals surface area (Å²) in [6.45, 7) is 0.914. The molecule has 0 saturated carbocycles. The fourth-order valence-electron chi connectivity index (χ4n) is 4.64. The molecule has 2 atom stereocenters. The zero-order chi connectivity index (χ0) is 17.4. The first-order chi connectivity index (χ1) is 12.0. The first-order valence-electron chi connectivity index (χ1n) is 8.98. The van der Waals surface area contributed by atoms with Crippen LogP contribution in [0.4, 0.5) is 8.78 Å². The Kier molecular flexibility index (Phi) is 4.34. The monoisotopic (exact) mass is 343 g/mol. The highest BCUT2D eigenvalue weighted by Gasteiger charge is 2.47. The lowest BCUT2D eigenvalue weighted by Gasteiger charge is -2.44. The highest BCUT2D eigenvalue weighted by molar-refractivity contribution is 5.21. The largest absolute Gasteiger partial charge is 0.389 e. The van der Waals surface area contributed by atoms with E-state index in [9.17, 15) is 13.9 Å². The smallest absolute Gasteiger partial charge is 0.159 e. The van der Waals surface area contributed by atoms with Gasteiger partial charge in [0.1, 0.15) is 0 Å². The lowest BCUT2D eigenvalue weighted by molar-refractivity contribution is -0.0540. The highest BCUT2D eigenvalue weighted by Crippen LogP contribution is 2.43. The number of piperidine rings is 1. The van der Waals surface area contributed by atoms with Crippen LogP contribution < -0.4 is 0 Å². The second-order valence-corrected chi connectivity index (χ2v) is 7.60. The van der Waals surface area contributed by atoms with Gasteiger partial charge in [-0.05, 0) is 48.9 Å². The Morgan fingerprint density at radius 3 is 2.24 bits per heavy atom. The molecule has 1 N–H and O–H groups in total. The van der Waals surface area contributed by atoms with E-state index in [0.717, 1.165) is 25.5 Å². The van der Waals surface area contributed by atoms with Gasteiger partial charge in [0.15, 0.2) is 11.6 Å². The van der Waals surface area contributed by atoms with Crippen LogP contribution in [-0.2, 0) is 13.0 Å². The molecule has 25 heavy (non-hydrogen) atoms. The quantitative estimate of drug-likeness (QED) is 0.905. The van der Waals surface area contributed by atoms with E-state index in [1.807, 2.05) is 6.07 Å². The van der Waals surface area contributed by atoms with Crippen LogP contribution in [0.1, 0.15) is 36.8 Å². The van der Waals surface area contributed by atoms with E-state index in [1.54, 1.807) is 6.07 Å². The molecule has 2 fully saturated rings. The van der Waals surface area contributed by atoms with E-state index >= 15 is 0 Å². The van der Waals surface area contributed by atoms with Gasteiger partial charge >= 0.3 is 0 Å². The number of benzene rings is 2. The van der Waals surface area contributed by atoms with Gasteiger partial charge in [-0.1, -0.05) is 36.4 Å². The summed E-state index contributed by atoms with van der Waals surface area (Å²) >= 11 is 0. The number of nitrogens with zero attached hydrogens (tertiary/aromatic N) is 1. The molecule has 2 heterocycles. The summed E-state index contributed by atoms with van der Waals surface area (Å²) in [5, 5.41) is 11.1. The Morgan fingerprint density at radius 1 is 0.920 bits per heavy atom. The first-order valence-corrected chi connectivity index (χ1v) is 8.98. The average molecular weight is 343 g/mol. The second-order valence-electron chi connectivity index (χ2n) is 7.60. The van der Waals surface area contributed by atoms with Crippen LogP contribution in [0.15, 0.2) is 48.5 Å². The summed E-state index contributed by atoms with van der Waals surface area (Å²) in [7, 11) is 0. The number of halogens is 2. The maximum atomic E-state index is 13.5. The first kappa shape index (κ1) is 16.7. The molecule has 0 spiro atoms. The number of rotatable bonds is 4. The van der Waals surface area contributed by atoms with Crippen molar-refractivity contribution in [1.82, 2.24) is 4.90 Å². The zero-order valence-electron chi connectivity index (χ0n) is 14.2. The van der Waals surface area contributed by atoms with Crippen molar-refractivity contribution in [1.29, 1.82) is 0 Å². The molecule has 2 aromatic rings. The van der Waals surface area contributed by atoms with Crippen molar-refractivity contribution in [3.05, 3.63) is 71.3 Å². The van der Waals surface area contributed by atoms with E-state index in [-0.39, 0.29) is 0 Å². The topological polar surface area (TPSA) is 23.5 Å². The SMILES string of the molecule is OC1(Cc2ccc(F)c(F)c2)CC2CCC(C1)N2Cc1ccccc1. The molecule has 2 aliphatic heterocycles. The van der Waals surface area contributed by atoms with Gasteiger partial charge in [0.05, 0.1) is 5.60 Å². The summed E-state index contributed by atoms with van der Waals surface area (Å²) < 4.78 is 26.6. The molecule has 2 saturated heterocycles. The van der Waals surface area contributed by atoms with Crippen molar-refractivity contribution in [2.75, 3.05) is 0 Å². The molecule has 4 rings (SSSR count). The summed E-state index contributed by atoms with van der Waals surface area (Å²) in [5.74, 6) is -1.68. The van der Waals surface area contributed by atoms with Crippen LogP contribution in [0.5, 0.6) is 0 Å². The third-order valence-electron chi connectivity index (χ3n) is 5.73. The van der Waals surface area contributed by atoms with Crippen molar-refractivity contribution in [2.24, 2.45) is 0 Å². The number of hydrogen-bond acceptors (Lipinski definition) is 2. The molecule has 2 unspecified atom stereocenters. The molecule has 132 valence electrons. The van der Waals surface area contributed by atoms with Crippen LogP contribution in [0.25, 0.3) is 0 Å². The van der Waals surface area contributed by atoms with Crippen LogP contribution in [-0.4, -0.2) is 27.7 Å². The van der Waals surface area contributed by atoms with Crippen molar-refractivity contribution in [2.45, 2.75) is 56.3 Å². The van der Waals surface area contributed by atoms with Crippen molar-refractivity contribution < 1.29 is 13.9 Å². The highest BCUT2D eigenvalue weighted by atomic mass is 19.2. The molecule has 2 aliphatic rings. The van der Waals surface area contributed by atoms with Crippen LogP contribution in [0.3, 0.4) is 0 Å².